The normalized spacial score (nSPS) is 14.8. The molecule has 0 aliphatic heterocycles. The average Bonchev–Trinajstić information content (AvgIpc) is 3.29. The molecule has 0 spiro atoms. The van der Waals surface area contributed by atoms with Crippen molar-refractivity contribution < 1.29 is 80.2 Å². The molecular weight excluding hydrogens is 1200 g/mol. The molecule has 7 atom stereocenters. The molecule has 0 aromatic heterocycles. The van der Waals surface area contributed by atoms with Gasteiger partial charge in [0.05, 0.1) is 26.4 Å². The van der Waals surface area contributed by atoms with Gasteiger partial charge in [-0.15, -0.1) is 0 Å². The van der Waals surface area contributed by atoms with Crippen molar-refractivity contribution in [1.29, 1.82) is 0 Å². The van der Waals surface area contributed by atoms with Gasteiger partial charge >= 0.3 is 39.5 Å². The number of unbranched alkanes of at least 4 members (excludes halogenated alkanes) is 36. The summed E-state index contributed by atoms with van der Waals surface area (Å²) in [6, 6.07) is 0. The molecule has 3 N–H and O–H groups in total. The lowest BCUT2D eigenvalue weighted by molar-refractivity contribution is -0.161. The van der Waals surface area contributed by atoms with Gasteiger partial charge in [-0.1, -0.05) is 312 Å². The Balaban J connectivity index is 5.27. The molecule has 0 aromatic rings. The predicted octanol–water partition coefficient (Wildman–Crippen LogP) is 20.6. The standard InChI is InChI=1S/C72H140O17P2/c1-8-11-12-13-14-15-16-17-20-27-32-41-48-55-71(76)89-68(60-83-70(75)54-47-40-35-34-38-45-52-65(7)10-3)62-87-91(80,81)85-58-66(73)57-84-90(78,79)86-61-67(88-72(77)56-49-42-33-28-21-18-19-24-29-36-43-50-63(4)5)59-82-69(74)53-46-39-31-26-23-22-25-30-37-44-51-64(6)9-2/h63-68,73H,8-62H2,1-7H3,(H,78,79)(H,80,81)/t64?,65?,66-,67-,68-/m1/s1. The first kappa shape index (κ1) is 89.1. The van der Waals surface area contributed by atoms with E-state index in [-0.39, 0.29) is 25.7 Å². The minimum Gasteiger partial charge on any atom is -0.462 e. The van der Waals surface area contributed by atoms with Gasteiger partial charge in [0.2, 0.25) is 0 Å². The first-order chi connectivity index (χ1) is 43.8. The third-order valence-electron chi connectivity index (χ3n) is 17.4. The van der Waals surface area contributed by atoms with Crippen molar-refractivity contribution in [3.63, 3.8) is 0 Å². The van der Waals surface area contributed by atoms with Gasteiger partial charge in [-0.3, -0.25) is 37.3 Å². The molecule has 0 fully saturated rings. The predicted molar refractivity (Wildman–Crippen MR) is 368 cm³/mol. The van der Waals surface area contributed by atoms with Gasteiger partial charge in [-0.25, -0.2) is 9.13 Å². The van der Waals surface area contributed by atoms with Gasteiger partial charge in [0.25, 0.3) is 0 Å². The van der Waals surface area contributed by atoms with Crippen LogP contribution in [0.2, 0.25) is 0 Å². The molecule has 0 aromatic carbocycles. The molecule has 0 radical (unpaired) electrons. The highest BCUT2D eigenvalue weighted by Gasteiger charge is 2.30. The van der Waals surface area contributed by atoms with Crippen molar-refractivity contribution in [2.75, 3.05) is 39.6 Å². The van der Waals surface area contributed by atoms with Crippen molar-refractivity contribution in [3.8, 4) is 0 Å². The third-order valence-corrected chi connectivity index (χ3v) is 19.3. The molecule has 17 nitrogen and oxygen atoms in total. The van der Waals surface area contributed by atoms with Gasteiger partial charge in [0.15, 0.2) is 12.2 Å². The summed E-state index contributed by atoms with van der Waals surface area (Å²) in [6.07, 6.45) is 47.0. The topological polar surface area (TPSA) is 237 Å². The van der Waals surface area contributed by atoms with E-state index in [4.69, 9.17) is 37.0 Å². The number of hydrogen-bond donors (Lipinski definition) is 3. The molecule has 0 heterocycles. The molecule has 540 valence electrons. The van der Waals surface area contributed by atoms with Gasteiger partial charge in [0.1, 0.15) is 19.3 Å². The maximum absolute atomic E-state index is 13.0. The fourth-order valence-electron chi connectivity index (χ4n) is 10.8. The number of carbonyl (C=O) groups excluding carboxylic acids is 4. The lowest BCUT2D eigenvalue weighted by Gasteiger charge is -2.21. The summed E-state index contributed by atoms with van der Waals surface area (Å²) in [5, 5.41) is 10.6. The van der Waals surface area contributed by atoms with Crippen LogP contribution in [-0.2, 0) is 65.4 Å². The van der Waals surface area contributed by atoms with E-state index < -0.39 is 97.5 Å². The number of phosphoric acid groups is 2. The van der Waals surface area contributed by atoms with Crippen LogP contribution in [0.3, 0.4) is 0 Å². The Bertz CT molecular complexity index is 1790. The summed E-state index contributed by atoms with van der Waals surface area (Å²) in [5.74, 6) is 0.183. The fraction of sp³-hybridized carbons (Fsp3) is 0.944. The number of esters is 4. The molecular formula is C72H140O17P2. The van der Waals surface area contributed by atoms with Gasteiger partial charge in [-0.05, 0) is 43.4 Å². The minimum atomic E-state index is -4.95. The molecule has 0 aliphatic rings. The van der Waals surface area contributed by atoms with Gasteiger partial charge in [-0.2, -0.15) is 0 Å². The molecule has 19 heteroatoms. The highest BCUT2D eigenvalue weighted by Crippen LogP contribution is 2.45. The summed E-state index contributed by atoms with van der Waals surface area (Å²) in [6.45, 7) is 11.9. The summed E-state index contributed by atoms with van der Waals surface area (Å²) >= 11 is 0. The molecule has 4 unspecified atom stereocenters. The van der Waals surface area contributed by atoms with Crippen LogP contribution in [0.15, 0.2) is 0 Å². The van der Waals surface area contributed by atoms with E-state index in [0.717, 1.165) is 114 Å². The minimum absolute atomic E-state index is 0.106. The Morgan fingerprint density at radius 3 is 0.835 bits per heavy atom. The number of aliphatic hydroxyl groups excluding tert-OH is 1. The first-order valence-electron chi connectivity index (χ1n) is 37.4. The zero-order valence-corrected chi connectivity index (χ0v) is 61.1. The van der Waals surface area contributed by atoms with Crippen LogP contribution < -0.4 is 0 Å². The molecule has 0 aliphatic carbocycles. The van der Waals surface area contributed by atoms with E-state index >= 15 is 0 Å². The van der Waals surface area contributed by atoms with E-state index in [1.165, 1.54) is 167 Å². The Morgan fingerprint density at radius 1 is 0.319 bits per heavy atom. The number of hydrogen-bond acceptors (Lipinski definition) is 15. The zero-order valence-electron chi connectivity index (χ0n) is 59.3. The quantitative estimate of drug-likeness (QED) is 0.0222. The van der Waals surface area contributed by atoms with Crippen LogP contribution >= 0.6 is 15.6 Å². The third kappa shape index (κ3) is 63.9. The molecule has 0 rings (SSSR count). The molecule has 0 saturated carbocycles. The largest absolute Gasteiger partial charge is 0.472 e. The number of ether oxygens (including phenoxy) is 4. The first-order valence-corrected chi connectivity index (χ1v) is 40.4. The average molecular weight is 1340 g/mol. The monoisotopic (exact) mass is 1340 g/mol. The lowest BCUT2D eigenvalue weighted by atomic mass is 9.99. The van der Waals surface area contributed by atoms with Crippen LogP contribution in [-0.4, -0.2) is 96.7 Å². The van der Waals surface area contributed by atoms with E-state index in [0.29, 0.717) is 25.7 Å². The van der Waals surface area contributed by atoms with Crippen LogP contribution in [0, 0.1) is 17.8 Å². The fourth-order valence-corrected chi connectivity index (χ4v) is 12.4. The van der Waals surface area contributed by atoms with Crippen LogP contribution in [0.25, 0.3) is 0 Å². The van der Waals surface area contributed by atoms with Crippen LogP contribution in [0.4, 0.5) is 0 Å². The SMILES string of the molecule is CCCCCCCCCCCCCCCC(=O)O[C@H](COC(=O)CCCCCCCCC(C)CC)COP(=O)(O)OC[C@H](O)COP(=O)(O)OC[C@@H](COC(=O)CCCCCCCCCCCCC(C)CC)OC(=O)CCCCCCCCCCCCCC(C)C. The highest BCUT2D eigenvalue weighted by molar-refractivity contribution is 7.47. The van der Waals surface area contributed by atoms with Crippen molar-refractivity contribution in [2.45, 2.75) is 381 Å². The molecule has 0 saturated heterocycles. The molecule has 91 heavy (non-hydrogen) atoms. The van der Waals surface area contributed by atoms with Crippen molar-refractivity contribution in [2.24, 2.45) is 17.8 Å². The molecule has 0 amide bonds. The Morgan fingerprint density at radius 2 is 0.560 bits per heavy atom. The van der Waals surface area contributed by atoms with Crippen molar-refractivity contribution in [1.82, 2.24) is 0 Å². The molecule has 0 bridgehead atoms. The second kappa shape index (κ2) is 62.8. The Hall–Kier alpha value is -1.94. The van der Waals surface area contributed by atoms with Crippen LogP contribution in [0.1, 0.15) is 363 Å². The maximum Gasteiger partial charge on any atom is 0.472 e. The van der Waals surface area contributed by atoms with E-state index in [9.17, 15) is 43.2 Å². The second-order valence-electron chi connectivity index (χ2n) is 26.9. The Labute approximate surface area is 556 Å². The Kier molecular flexibility index (Phi) is 61.5. The number of rotatable bonds is 70. The number of carbonyl (C=O) groups is 4. The van der Waals surface area contributed by atoms with Crippen molar-refractivity contribution in [3.05, 3.63) is 0 Å². The summed E-state index contributed by atoms with van der Waals surface area (Å²) in [7, 11) is -9.91. The smallest absolute Gasteiger partial charge is 0.462 e. The van der Waals surface area contributed by atoms with Gasteiger partial charge in [0, 0.05) is 25.7 Å². The number of aliphatic hydroxyl groups is 1. The van der Waals surface area contributed by atoms with Crippen LogP contribution in [0.5, 0.6) is 0 Å². The van der Waals surface area contributed by atoms with E-state index in [1.807, 2.05) is 0 Å². The summed E-state index contributed by atoms with van der Waals surface area (Å²) in [4.78, 5) is 72.7. The number of phosphoric ester groups is 2. The highest BCUT2D eigenvalue weighted by atomic mass is 31.2. The lowest BCUT2D eigenvalue weighted by Crippen LogP contribution is -2.30. The second-order valence-corrected chi connectivity index (χ2v) is 29.8. The summed E-state index contributed by atoms with van der Waals surface area (Å²) in [5.41, 5.74) is 0. The summed E-state index contributed by atoms with van der Waals surface area (Å²) < 4.78 is 68.4. The van der Waals surface area contributed by atoms with Gasteiger partial charge < -0.3 is 33.8 Å². The zero-order chi connectivity index (χ0) is 67.3. The van der Waals surface area contributed by atoms with E-state index in [2.05, 4.69) is 48.5 Å². The maximum atomic E-state index is 13.0. The van der Waals surface area contributed by atoms with E-state index in [1.54, 1.807) is 0 Å². The van der Waals surface area contributed by atoms with Crippen molar-refractivity contribution >= 4 is 39.5 Å².